The van der Waals surface area contributed by atoms with E-state index in [0.29, 0.717) is 0 Å². The van der Waals surface area contributed by atoms with Crippen LogP contribution in [-0.4, -0.2) is 13.1 Å². The number of hydrogen-bond donors (Lipinski definition) is 1. The minimum Gasteiger partial charge on any atom is -0.465 e. The van der Waals surface area contributed by atoms with Crippen LogP contribution in [0.1, 0.15) is 26.0 Å². The van der Waals surface area contributed by atoms with Crippen molar-refractivity contribution in [1.29, 1.82) is 0 Å². The normalized spacial score (nSPS) is 12.0. The van der Waals surface area contributed by atoms with E-state index in [4.69, 9.17) is 4.42 Å². The molecule has 1 aromatic rings. The van der Waals surface area contributed by atoms with Gasteiger partial charge in [-0.25, -0.2) is 0 Å². The second kappa shape index (κ2) is 5.60. The zero-order valence-corrected chi connectivity index (χ0v) is 8.34. The fourth-order valence-corrected chi connectivity index (χ4v) is 1.17. The molecule has 1 heterocycles. The highest BCUT2D eigenvalue weighted by molar-refractivity contribution is 5.58. The van der Waals surface area contributed by atoms with Gasteiger partial charge in [-0.05, 0) is 44.1 Å². The van der Waals surface area contributed by atoms with Gasteiger partial charge in [0.15, 0.2) is 0 Å². The van der Waals surface area contributed by atoms with Gasteiger partial charge in [0, 0.05) is 0 Å². The average molecular weight is 179 g/mol. The van der Waals surface area contributed by atoms with E-state index < -0.39 is 0 Å². The van der Waals surface area contributed by atoms with Crippen LogP contribution < -0.4 is 5.32 Å². The maximum atomic E-state index is 5.26. The van der Waals surface area contributed by atoms with Gasteiger partial charge in [-0.1, -0.05) is 13.0 Å². The lowest BCUT2D eigenvalue weighted by Crippen LogP contribution is -2.12. The molecule has 0 aromatic carbocycles. The van der Waals surface area contributed by atoms with Crippen LogP contribution >= 0.6 is 0 Å². The van der Waals surface area contributed by atoms with Crippen molar-refractivity contribution in [2.75, 3.05) is 13.1 Å². The Hall–Kier alpha value is -1.02. The SMILES string of the molecule is CCNCCC=C(C)c1ccco1. The van der Waals surface area contributed by atoms with Gasteiger partial charge in [0.25, 0.3) is 0 Å². The summed E-state index contributed by atoms with van der Waals surface area (Å²) in [4.78, 5) is 0. The minimum absolute atomic E-state index is 0.969. The number of allylic oxidation sites excluding steroid dienone is 1. The Balaban J connectivity index is 2.35. The van der Waals surface area contributed by atoms with E-state index in [0.717, 1.165) is 25.3 Å². The van der Waals surface area contributed by atoms with Gasteiger partial charge in [0.05, 0.1) is 6.26 Å². The smallest absolute Gasteiger partial charge is 0.129 e. The quantitative estimate of drug-likeness (QED) is 0.703. The third kappa shape index (κ3) is 3.47. The molecule has 0 aliphatic rings. The summed E-state index contributed by atoms with van der Waals surface area (Å²) in [6.07, 6.45) is 4.96. The largest absolute Gasteiger partial charge is 0.465 e. The van der Waals surface area contributed by atoms with Gasteiger partial charge in [0.2, 0.25) is 0 Å². The molecule has 0 fully saturated rings. The van der Waals surface area contributed by atoms with Gasteiger partial charge in [-0.2, -0.15) is 0 Å². The Morgan fingerprint density at radius 2 is 2.46 bits per heavy atom. The number of hydrogen-bond acceptors (Lipinski definition) is 2. The summed E-state index contributed by atoms with van der Waals surface area (Å²) in [5.74, 6) is 0.969. The first kappa shape index (κ1) is 10.1. The molecule has 1 rings (SSSR count). The highest BCUT2D eigenvalue weighted by atomic mass is 16.3. The third-order valence-electron chi connectivity index (χ3n) is 1.93. The van der Waals surface area contributed by atoms with Gasteiger partial charge in [0.1, 0.15) is 5.76 Å². The first-order valence-electron chi connectivity index (χ1n) is 4.76. The van der Waals surface area contributed by atoms with E-state index >= 15 is 0 Å². The molecular formula is C11H17NO. The van der Waals surface area contributed by atoms with Crippen LogP contribution in [0.25, 0.3) is 5.57 Å². The number of rotatable bonds is 5. The van der Waals surface area contributed by atoms with Crippen LogP contribution in [0.4, 0.5) is 0 Å². The van der Waals surface area contributed by atoms with Crippen molar-refractivity contribution >= 4 is 5.57 Å². The van der Waals surface area contributed by atoms with Crippen LogP contribution in [-0.2, 0) is 0 Å². The molecule has 1 aromatic heterocycles. The van der Waals surface area contributed by atoms with Crippen LogP contribution in [0.2, 0.25) is 0 Å². The Morgan fingerprint density at radius 3 is 3.08 bits per heavy atom. The molecule has 0 aliphatic heterocycles. The van der Waals surface area contributed by atoms with E-state index in [1.807, 2.05) is 12.1 Å². The molecule has 0 aliphatic carbocycles. The van der Waals surface area contributed by atoms with E-state index in [9.17, 15) is 0 Å². The topological polar surface area (TPSA) is 25.2 Å². The average Bonchev–Trinajstić information content (AvgIpc) is 2.65. The fraction of sp³-hybridized carbons (Fsp3) is 0.455. The van der Waals surface area contributed by atoms with Crippen molar-refractivity contribution in [2.45, 2.75) is 20.3 Å². The summed E-state index contributed by atoms with van der Waals surface area (Å²) in [6, 6.07) is 3.90. The van der Waals surface area contributed by atoms with Crippen molar-refractivity contribution in [3.8, 4) is 0 Å². The third-order valence-corrected chi connectivity index (χ3v) is 1.93. The van der Waals surface area contributed by atoms with Crippen molar-refractivity contribution in [3.05, 3.63) is 30.2 Å². The van der Waals surface area contributed by atoms with E-state index in [2.05, 4.69) is 25.2 Å². The summed E-state index contributed by atoms with van der Waals surface area (Å²) in [5, 5.41) is 3.27. The molecule has 13 heavy (non-hydrogen) atoms. The van der Waals surface area contributed by atoms with Crippen LogP contribution in [0.5, 0.6) is 0 Å². The molecule has 0 amide bonds. The Labute approximate surface area is 79.6 Å². The summed E-state index contributed by atoms with van der Waals surface area (Å²) in [5.41, 5.74) is 1.21. The molecule has 0 saturated carbocycles. The second-order valence-electron chi connectivity index (χ2n) is 3.01. The van der Waals surface area contributed by atoms with E-state index in [1.54, 1.807) is 6.26 Å². The van der Waals surface area contributed by atoms with Gasteiger partial charge in [-0.3, -0.25) is 0 Å². The molecule has 0 saturated heterocycles. The minimum atomic E-state index is 0.969. The first-order valence-corrected chi connectivity index (χ1v) is 4.76. The zero-order valence-electron chi connectivity index (χ0n) is 8.34. The predicted octanol–water partition coefficient (Wildman–Crippen LogP) is 2.68. The lowest BCUT2D eigenvalue weighted by atomic mass is 10.2. The van der Waals surface area contributed by atoms with Crippen molar-refractivity contribution in [1.82, 2.24) is 5.32 Å². The molecule has 72 valence electrons. The van der Waals surface area contributed by atoms with Gasteiger partial charge < -0.3 is 9.73 Å². The Kier molecular flexibility index (Phi) is 4.33. The molecule has 2 heteroatoms. The molecule has 0 spiro atoms. The van der Waals surface area contributed by atoms with Gasteiger partial charge in [-0.15, -0.1) is 0 Å². The number of nitrogens with one attached hydrogen (secondary N) is 1. The standard InChI is InChI=1S/C11H17NO/c1-3-12-8-4-6-10(2)11-7-5-9-13-11/h5-7,9,12H,3-4,8H2,1-2H3. The summed E-state index contributed by atoms with van der Waals surface area (Å²) in [6.45, 7) is 6.26. The summed E-state index contributed by atoms with van der Waals surface area (Å²) < 4.78 is 5.26. The first-order chi connectivity index (χ1) is 6.34. The molecule has 0 unspecified atom stereocenters. The highest BCUT2D eigenvalue weighted by Gasteiger charge is 1.95. The predicted molar refractivity (Wildman–Crippen MR) is 55.5 cm³/mol. The van der Waals surface area contributed by atoms with Crippen molar-refractivity contribution < 1.29 is 4.42 Å². The molecule has 0 bridgehead atoms. The van der Waals surface area contributed by atoms with Crippen LogP contribution in [0, 0.1) is 0 Å². The molecule has 2 nitrogen and oxygen atoms in total. The summed E-state index contributed by atoms with van der Waals surface area (Å²) in [7, 11) is 0. The second-order valence-corrected chi connectivity index (χ2v) is 3.01. The monoisotopic (exact) mass is 179 g/mol. The summed E-state index contributed by atoms with van der Waals surface area (Å²) >= 11 is 0. The van der Waals surface area contributed by atoms with Crippen LogP contribution in [0.3, 0.4) is 0 Å². The highest BCUT2D eigenvalue weighted by Crippen LogP contribution is 2.13. The molecule has 0 atom stereocenters. The van der Waals surface area contributed by atoms with E-state index in [-0.39, 0.29) is 0 Å². The van der Waals surface area contributed by atoms with Crippen LogP contribution in [0.15, 0.2) is 28.9 Å². The molecule has 0 radical (unpaired) electrons. The maximum Gasteiger partial charge on any atom is 0.129 e. The lowest BCUT2D eigenvalue weighted by molar-refractivity contribution is 0.552. The zero-order chi connectivity index (χ0) is 9.52. The Morgan fingerprint density at radius 1 is 1.62 bits per heavy atom. The number of furan rings is 1. The van der Waals surface area contributed by atoms with Crippen molar-refractivity contribution in [3.63, 3.8) is 0 Å². The van der Waals surface area contributed by atoms with Gasteiger partial charge >= 0.3 is 0 Å². The van der Waals surface area contributed by atoms with E-state index in [1.165, 1.54) is 5.57 Å². The fourth-order valence-electron chi connectivity index (χ4n) is 1.17. The Bertz CT molecular complexity index is 249. The molecule has 1 N–H and O–H groups in total. The lowest BCUT2D eigenvalue weighted by Gasteiger charge is -1.98. The molecular weight excluding hydrogens is 162 g/mol. The maximum absolute atomic E-state index is 5.26. The van der Waals surface area contributed by atoms with Crippen molar-refractivity contribution in [2.24, 2.45) is 0 Å².